The van der Waals surface area contributed by atoms with Gasteiger partial charge in [0.25, 0.3) is 0 Å². The number of carbonyl (C=O) groups excluding carboxylic acids is 1. The normalized spacial score (nSPS) is 11.1. The first kappa shape index (κ1) is 17.6. The standard InChI is InChI=1S/C22H21N3OS/c1-2-25-20-8-4-3-7-18(20)19-12-17(9-10-21(19)25)24-22(26)15-27-14-16-6-5-11-23-13-16/h3-13H,2,14-15H2,1H3,(H,24,26). The molecule has 0 saturated heterocycles. The van der Waals surface area contributed by atoms with Crippen LogP contribution in [-0.4, -0.2) is 21.2 Å². The Bertz CT molecular complexity index is 1090. The van der Waals surface area contributed by atoms with Crippen molar-refractivity contribution in [1.82, 2.24) is 9.55 Å². The lowest BCUT2D eigenvalue weighted by Crippen LogP contribution is -2.14. The molecule has 0 fully saturated rings. The number of nitrogens with zero attached hydrogens (tertiary/aromatic N) is 2. The predicted molar refractivity (Wildman–Crippen MR) is 114 cm³/mol. The largest absolute Gasteiger partial charge is 0.341 e. The van der Waals surface area contributed by atoms with Crippen molar-refractivity contribution in [2.75, 3.05) is 11.1 Å². The molecule has 136 valence electrons. The molecule has 4 aromatic rings. The first-order chi connectivity index (χ1) is 13.3. The van der Waals surface area contributed by atoms with E-state index < -0.39 is 0 Å². The number of benzene rings is 2. The van der Waals surface area contributed by atoms with Crippen LogP contribution in [0.25, 0.3) is 21.8 Å². The predicted octanol–water partition coefficient (Wildman–Crippen LogP) is 5.08. The summed E-state index contributed by atoms with van der Waals surface area (Å²) in [7, 11) is 0. The van der Waals surface area contributed by atoms with Gasteiger partial charge in [-0.2, -0.15) is 0 Å². The number of nitrogens with one attached hydrogen (secondary N) is 1. The number of aryl methyl sites for hydroxylation is 1. The van der Waals surface area contributed by atoms with E-state index in [2.05, 4.69) is 58.2 Å². The van der Waals surface area contributed by atoms with Crippen LogP contribution in [0.1, 0.15) is 12.5 Å². The Labute approximate surface area is 162 Å². The molecular weight excluding hydrogens is 354 g/mol. The summed E-state index contributed by atoms with van der Waals surface area (Å²) in [5.41, 5.74) is 4.39. The number of anilines is 1. The van der Waals surface area contributed by atoms with E-state index in [0.717, 1.165) is 23.5 Å². The molecule has 0 bridgehead atoms. The van der Waals surface area contributed by atoms with Crippen molar-refractivity contribution in [3.8, 4) is 0 Å². The molecule has 2 aromatic heterocycles. The molecule has 0 atom stereocenters. The number of pyridine rings is 1. The van der Waals surface area contributed by atoms with Crippen LogP contribution < -0.4 is 5.32 Å². The van der Waals surface area contributed by atoms with Crippen molar-refractivity contribution in [2.24, 2.45) is 0 Å². The molecule has 27 heavy (non-hydrogen) atoms. The molecule has 0 aliphatic heterocycles. The second kappa shape index (κ2) is 7.84. The van der Waals surface area contributed by atoms with Crippen molar-refractivity contribution in [3.05, 3.63) is 72.6 Å². The third-order valence-electron chi connectivity index (χ3n) is 4.60. The monoisotopic (exact) mass is 375 g/mol. The number of fused-ring (bicyclic) bond motifs is 3. The highest BCUT2D eigenvalue weighted by atomic mass is 32.2. The van der Waals surface area contributed by atoms with E-state index in [0.29, 0.717) is 5.75 Å². The second-order valence-electron chi connectivity index (χ2n) is 6.40. The van der Waals surface area contributed by atoms with Crippen molar-refractivity contribution in [1.29, 1.82) is 0 Å². The molecule has 4 nitrogen and oxygen atoms in total. The third kappa shape index (κ3) is 3.69. The summed E-state index contributed by atoms with van der Waals surface area (Å²) in [5, 5.41) is 5.42. The Morgan fingerprint density at radius 1 is 1.07 bits per heavy atom. The first-order valence-electron chi connectivity index (χ1n) is 9.03. The summed E-state index contributed by atoms with van der Waals surface area (Å²) in [6, 6.07) is 18.5. The number of thioether (sulfide) groups is 1. The molecule has 0 unspecified atom stereocenters. The van der Waals surface area contributed by atoms with E-state index in [-0.39, 0.29) is 5.91 Å². The van der Waals surface area contributed by atoms with Gasteiger partial charge in [-0.1, -0.05) is 24.3 Å². The molecule has 5 heteroatoms. The molecular formula is C22H21N3OS. The van der Waals surface area contributed by atoms with Crippen LogP contribution in [0, 0.1) is 0 Å². The van der Waals surface area contributed by atoms with Crippen molar-refractivity contribution in [2.45, 2.75) is 19.2 Å². The maximum Gasteiger partial charge on any atom is 0.234 e. The minimum absolute atomic E-state index is 0.0162. The van der Waals surface area contributed by atoms with Crippen LogP contribution in [0.15, 0.2) is 67.0 Å². The molecule has 0 spiro atoms. The number of aromatic nitrogens is 2. The zero-order valence-corrected chi connectivity index (χ0v) is 16.0. The van der Waals surface area contributed by atoms with Gasteiger partial charge in [0.15, 0.2) is 0 Å². The van der Waals surface area contributed by atoms with Crippen LogP contribution >= 0.6 is 11.8 Å². The molecule has 0 radical (unpaired) electrons. The van der Waals surface area contributed by atoms with Gasteiger partial charge < -0.3 is 9.88 Å². The highest BCUT2D eigenvalue weighted by Gasteiger charge is 2.10. The molecule has 0 saturated carbocycles. The van der Waals surface area contributed by atoms with Crippen LogP contribution in [0.4, 0.5) is 5.69 Å². The van der Waals surface area contributed by atoms with Crippen LogP contribution in [-0.2, 0) is 17.1 Å². The molecule has 0 aliphatic carbocycles. The lowest BCUT2D eigenvalue weighted by Gasteiger charge is -2.07. The highest BCUT2D eigenvalue weighted by Crippen LogP contribution is 2.31. The average Bonchev–Trinajstić information content (AvgIpc) is 3.02. The molecule has 0 aliphatic rings. The van der Waals surface area contributed by atoms with Crippen LogP contribution in [0.2, 0.25) is 0 Å². The lowest BCUT2D eigenvalue weighted by molar-refractivity contribution is -0.113. The fourth-order valence-corrected chi connectivity index (χ4v) is 4.18. The third-order valence-corrected chi connectivity index (χ3v) is 5.60. The fourth-order valence-electron chi connectivity index (χ4n) is 3.41. The summed E-state index contributed by atoms with van der Waals surface area (Å²) in [6.07, 6.45) is 3.59. The second-order valence-corrected chi connectivity index (χ2v) is 7.38. The van der Waals surface area contributed by atoms with Gasteiger partial charge in [0.2, 0.25) is 5.91 Å². The smallest absolute Gasteiger partial charge is 0.234 e. The van der Waals surface area contributed by atoms with Gasteiger partial charge in [-0.05, 0) is 42.8 Å². The number of carbonyl (C=O) groups is 1. The Balaban J connectivity index is 1.49. The molecule has 2 heterocycles. The molecule has 1 N–H and O–H groups in total. The Morgan fingerprint density at radius 2 is 1.93 bits per heavy atom. The summed E-state index contributed by atoms with van der Waals surface area (Å²) in [4.78, 5) is 16.4. The van der Waals surface area contributed by atoms with E-state index in [1.807, 2.05) is 24.4 Å². The number of hydrogen-bond acceptors (Lipinski definition) is 3. The maximum atomic E-state index is 12.3. The number of amides is 1. The zero-order valence-electron chi connectivity index (χ0n) is 15.2. The minimum atomic E-state index is 0.0162. The minimum Gasteiger partial charge on any atom is -0.341 e. The maximum absolute atomic E-state index is 12.3. The quantitative estimate of drug-likeness (QED) is 0.511. The van der Waals surface area contributed by atoms with Gasteiger partial charge in [-0.3, -0.25) is 9.78 Å². The van der Waals surface area contributed by atoms with Crippen molar-refractivity contribution in [3.63, 3.8) is 0 Å². The van der Waals surface area contributed by atoms with Gasteiger partial charge in [0, 0.05) is 52.2 Å². The summed E-state index contributed by atoms with van der Waals surface area (Å²) in [5.74, 6) is 1.22. The summed E-state index contributed by atoms with van der Waals surface area (Å²) < 4.78 is 2.31. The van der Waals surface area contributed by atoms with Gasteiger partial charge in [0.05, 0.1) is 5.75 Å². The number of rotatable bonds is 6. The van der Waals surface area contributed by atoms with Crippen LogP contribution in [0.3, 0.4) is 0 Å². The number of para-hydroxylation sites is 1. The van der Waals surface area contributed by atoms with Gasteiger partial charge in [-0.15, -0.1) is 11.8 Å². The Morgan fingerprint density at radius 3 is 2.74 bits per heavy atom. The van der Waals surface area contributed by atoms with E-state index in [4.69, 9.17) is 0 Å². The van der Waals surface area contributed by atoms with Gasteiger partial charge in [0.1, 0.15) is 0 Å². The SMILES string of the molecule is CCn1c2ccccc2c2cc(NC(=O)CSCc3cccnc3)ccc21. The lowest BCUT2D eigenvalue weighted by atomic mass is 10.1. The topological polar surface area (TPSA) is 46.9 Å². The Hall–Kier alpha value is -2.79. The molecule has 1 amide bonds. The van der Waals surface area contributed by atoms with Crippen molar-refractivity contribution >= 4 is 45.2 Å². The molecule has 4 rings (SSSR count). The first-order valence-corrected chi connectivity index (χ1v) is 10.2. The van der Waals surface area contributed by atoms with Crippen LogP contribution in [0.5, 0.6) is 0 Å². The van der Waals surface area contributed by atoms with E-state index in [1.54, 1.807) is 18.0 Å². The zero-order chi connectivity index (χ0) is 18.6. The average molecular weight is 375 g/mol. The Kier molecular flexibility index (Phi) is 5.12. The molecule has 2 aromatic carbocycles. The fraction of sp³-hybridized carbons (Fsp3) is 0.182. The van der Waals surface area contributed by atoms with E-state index >= 15 is 0 Å². The highest BCUT2D eigenvalue weighted by molar-refractivity contribution is 7.99. The number of hydrogen-bond donors (Lipinski definition) is 1. The van der Waals surface area contributed by atoms with Crippen molar-refractivity contribution < 1.29 is 4.79 Å². The van der Waals surface area contributed by atoms with Gasteiger partial charge >= 0.3 is 0 Å². The van der Waals surface area contributed by atoms with Gasteiger partial charge in [-0.25, -0.2) is 0 Å². The summed E-state index contributed by atoms with van der Waals surface area (Å²) in [6.45, 7) is 3.07. The van der Waals surface area contributed by atoms with E-state index in [1.165, 1.54) is 21.8 Å². The summed E-state index contributed by atoms with van der Waals surface area (Å²) >= 11 is 1.59. The van der Waals surface area contributed by atoms with E-state index in [9.17, 15) is 4.79 Å².